The third kappa shape index (κ3) is 3.25. The van der Waals surface area contributed by atoms with Gasteiger partial charge in [-0.05, 0) is 24.3 Å². The van der Waals surface area contributed by atoms with Gasteiger partial charge in [0.15, 0.2) is 0 Å². The van der Waals surface area contributed by atoms with Gasteiger partial charge in [0.25, 0.3) is 0 Å². The number of rotatable bonds is 3. The summed E-state index contributed by atoms with van der Waals surface area (Å²) in [7, 11) is 0. The Kier molecular flexibility index (Phi) is 4.53. The first kappa shape index (κ1) is 16.5. The van der Waals surface area contributed by atoms with E-state index in [9.17, 15) is 4.79 Å². The Bertz CT molecular complexity index is 907. The number of carbonyl (C=O) groups excluding carboxylic acids is 1. The van der Waals surface area contributed by atoms with E-state index in [4.69, 9.17) is 16.0 Å². The van der Waals surface area contributed by atoms with Crippen LogP contribution in [0.5, 0.6) is 0 Å². The molecule has 8 heteroatoms. The maximum Gasteiger partial charge on any atom is 0.311 e. The standard InChI is InChI=1S/C18H16ClN5O2/c19-14-6-2-1-5-13(14)16-21-22-17(26-16)18(25)24-11-9-23(10-12-24)15-7-3-4-8-20-15/h1-8H,9-12H2. The molecule has 132 valence electrons. The molecule has 3 aromatic rings. The zero-order valence-electron chi connectivity index (χ0n) is 13.9. The molecule has 3 heterocycles. The smallest absolute Gasteiger partial charge is 0.311 e. The Hall–Kier alpha value is -2.93. The minimum absolute atomic E-state index is 0.0220. The Labute approximate surface area is 155 Å². The molecule has 4 rings (SSSR count). The Morgan fingerprint density at radius 2 is 1.77 bits per heavy atom. The van der Waals surface area contributed by atoms with E-state index in [2.05, 4.69) is 20.1 Å². The van der Waals surface area contributed by atoms with Gasteiger partial charge in [0.2, 0.25) is 5.89 Å². The van der Waals surface area contributed by atoms with E-state index < -0.39 is 0 Å². The molecule has 7 nitrogen and oxygen atoms in total. The number of carbonyl (C=O) groups is 1. The normalized spacial score (nSPS) is 14.5. The van der Waals surface area contributed by atoms with Crippen molar-refractivity contribution in [1.82, 2.24) is 20.1 Å². The van der Waals surface area contributed by atoms with E-state index in [1.165, 1.54) is 0 Å². The molecule has 0 aliphatic carbocycles. The Morgan fingerprint density at radius 3 is 2.50 bits per heavy atom. The van der Waals surface area contributed by atoms with Crippen LogP contribution in [0, 0.1) is 0 Å². The van der Waals surface area contributed by atoms with Crippen molar-refractivity contribution in [3.8, 4) is 11.5 Å². The van der Waals surface area contributed by atoms with E-state index in [0.717, 1.165) is 5.82 Å². The van der Waals surface area contributed by atoms with Crippen LogP contribution in [0.3, 0.4) is 0 Å². The van der Waals surface area contributed by atoms with Crippen LogP contribution in [-0.2, 0) is 0 Å². The topological polar surface area (TPSA) is 75.4 Å². The number of hydrogen-bond acceptors (Lipinski definition) is 6. The molecule has 1 aromatic carbocycles. The van der Waals surface area contributed by atoms with Crippen LogP contribution >= 0.6 is 11.6 Å². The van der Waals surface area contributed by atoms with Gasteiger partial charge in [-0.1, -0.05) is 29.8 Å². The van der Waals surface area contributed by atoms with E-state index in [1.807, 2.05) is 30.3 Å². The van der Waals surface area contributed by atoms with Crippen LogP contribution in [0.1, 0.15) is 10.7 Å². The van der Waals surface area contributed by atoms with Crippen LogP contribution in [0.25, 0.3) is 11.5 Å². The molecule has 26 heavy (non-hydrogen) atoms. The van der Waals surface area contributed by atoms with E-state index in [-0.39, 0.29) is 17.7 Å². The number of aromatic nitrogens is 3. The molecule has 0 radical (unpaired) electrons. The van der Waals surface area contributed by atoms with E-state index in [1.54, 1.807) is 23.2 Å². The van der Waals surface area contributed by atoms with Crippen molar-refractivity contribution in [2.24, 2.45) is 0 Å². The molecule has 0 unspecified atom stereocenters. The highest BCUT2D eigenvalue weighted by molar-refractivity contribution is 6.33. The zero-order chi connectivity index (χ0) is 17.9. The number of halogens is 1. The number of hydrogen-bond donors (Lipinski definition) is 0. The van der Waals surface area contributed by atoms with Crippen molar-refractivity contribution in [1.29, 1.82) is 0 Å². The number of anilines is 1. The van der Waals surface area contributed by atoms with Crippen molar-refractivity contribution >= 4 is 23.3 Å². The molecular weight excluding hydrogens is 354 g/mol. The summed E-state index contributed by atoms with van der Waals surface area (Å²) < 4.78 is 5.55. The maximum atomic E-state index is 12.6. The van der Waals surface area contributed by atoms with Crippen molar-refractivity contribution in [2.75, 3.05) is 31.1 Å². The molecular formula is C18H16ClN5O2. The van der Waals surface area contributed by atoms with Crippen LogP contribution in [0.2, 0.25) is 5.02 Å². The van der Waals surface area contributed by atoms with Crippen molar-refractivity contribution in [3.05, 3.63) is 59.6 Å². The second-order valence-electron chi connectivity index (χ2n) is 5.86. The molecule has 1 aliphatic rings. The van der Waals surface area contributed by atoms with Gasteiger partial charge in [0.05, 0.1) is 10.6 Å². The molecule has 0 bridgehead atoms. The molecule has 0 atom stereocenters. The van der Waals surface area contributed by atoms with Gasteiger partial charge in [0.1, 0.15) is 5.82 Å². The third-order valence-electron chi connectivity index (χ3n) is 4.25. The number of amides is 1. The molecule has 1 fully saturated rings. The van der Waals surface area contributed by atoms with Gasteiger partial charge in [0, 0.05) is 32.4 Å². The van der Waals surface area contributed by atoms with Crippen LogP contribution in [-0.4, -0.2) is 52.2 Å². The first-order valence-corrected chi connectivity index (χ1v) is 8.64. The molecule has 1 amide bonds. The number of pyridine rings is 1. The Morgan fingerprint density at radius 1 is 1.00 bits per heavy atom. The molecule has 2 aromatic heterocycles. The lowest BCUT2D eigenvalue weighted by Crippen LogP contribution is -2.49. The summed E-state index contributed by atoms with van der Waals surface area (Å²) in [4.78, 5) is 20.8. The fraction of sp³-hybridized carbons (Fsp3) is 0.222. The highest BCUT2D eigenvalue weighted by Gasteiger charge is 2.27. The summed E-state index contributed by atoms with van der Waals surface area (Å²) in [6.45, 7) is 2.54. The maximum absolute atomic E-state index is 12.6. The first-order valence-electron chi connectivity index (χ1n) is 8.26. The highest BCUT2D eigenvalue weighted by atomic mass is 35.5. The molecule has 0 N–H and O–H groups in total. The van der Waals surface area contributed by atoms with Gasteiger partial charge in [-0.25, -0.2) is 4.98 Å². The molecule has 0 spiro atoms. The predicted octanol–water partition coefficient (Wildman–Crippen LogP) is 2.75. The van der Waals surface area contributed by atoms with Crippen molar-refractivity contribution in [3.63, 3.8) is 0 Å². The lowest BCUT2D eigenvalue weighted by Gasteiger charge is -2.34. The SMILES string of the molecule is O=C(c1nnc(-c2ccccc2Cl)o1)N1CCN(c2ccccn2)CC1. The lowest BCUT2D eigenvalue weighted by atomic mass is 10.2. The third-order valence-corrected chi connectivity index (χ3v) is 4.58. The molecule has 0 saturated carbocycles. The van der Waals surface area contributed by atoms with Crippen molar-refractivity contribution < 1.29 is 9.21 Å². The summed E-state index contributed by atoms with van der Waals surface area (Å²) in [5.74, 6) is 0.868. The Balaban J connectivity index is 1.44. The van der Waals surface area contributed by atoms with Gasteiger partial charge < -0.3 is 14.2 Å². The average Bonchev–Trinajstić information content (AvgIpc) is 3.18. The highest BCUT2D eigenvalue weighted by Crippen LogP contribution is 2.26. The minimum atomic E-state index is -0.267. The summed E-state index contributed by atoms with van der Waals surface area (Å²) in [5, 5.41) is 8.35. The van der Waals surface area contributed by atoms with Crippen LogP contribution < -0.4 is 4.90 Å². The fourth-order valence-corrected chi connectivity index (χ4v) is 3.08. The van der Waals surface area contributed by atoms with E-state index >= 15 is 0 Å². The summed E-state index contributed by atoms with van der Waals surface area (Å²) >= 11 is 6.14. The van der Waals surface area contributed by atoms with Gasteiger partial charge in [-0.3, -0.25) is 4.79 Å². The average molecular weight is 370 g/mol. The molecule has 1 saturated heterocycles. The quantitative estimate of drug-likeness (QED) is 0.706. The largest absolute Gasteiger partial charge is 0.412 e. The second kappa shape index (κ2) is 7.13. The van der Waals surface area contributed by atoms with Crippen LogP contribution in [0.4, 0.5) is 5.82 Å². The fourth-order valence-electron chi connectivity index (χ4n) is 2.87. The number of nitrogens with zero attached hydrogens (tertiary/aromatic N) is 5. The van der Waals surface area contributed by atoms with Crippen molar-refractivity contribution in [2.45, 2.75) is 0 Å². The van der Waals surface area contributed by atoms with Crippen LogP contribution in [0.15, 0.2) is 53.1 Å². The van der Waals surface area contributed by atoms with E-state index in [0.29, 0.717) is 36.8 Å². The van der Waals surface area contributed by atoms with Gasteiger partial charge in [-0.2, -0.15) is 0 Å². The van der Waals surface area contributed by atoms with Gasteiger partial charge in [-0.15, -0.1) is 10.2 Å². The monoisotopic (exact) mass is 369 g/mol. The summed E-state index contributed by atoms with van der Waals surface area (Å²) in [6.07, 6.45) is 1.77. The number of benzene rings is 1. The summed E-state index contributed by atoms with van der Waals surface area (Å²) in [6, 6.07) is 12.9. The molecule has 1 aliphatic heterocycles. The summed E-state index contributed by atoms with van der Waals surface area (Å²) in [5.41, 5.74) is 0.612. The zero-order valence-corrected chi connectivity index (χ0v) is 14.6. The van der Waals surface area contributed by atoms with Gasteiger partial charge >= 0.3 is 11.8 Å². The second-order valence-corrected chi connectivity index (χ2v) is 6.27. The predicted molar refractivity (Wildman–Crippen MR) is 97.1 cm³/mol. The minimum Gasteiger partial charge on any atom is -0.412 e. The first-order chi connectivity index (χ1) is 12.7. The number of piperazine rings is 1. The lowest BCUT2D eigenvalue weighted by molar-refractivity contribution is 0.0707.